The first-order chi connectivity index (χ1) is 7.81. The van der Waals surface area contributed by atoms with Gasteiger partial charge < -0.3 is 11.1 Å². The van der Waals surface area contributed by atoms with Crippen LogP contribution in [0.4, 0.5) is 5.69 Å². The highest BCUT2D eigenvalue weighted by Gasteiger charge is 2.17. The fourth-order valence-electron chi connectivity index (χ4n) is 2.08. The van der Waals surface area contributed by atoms with Crippen molar-refractivity contribution in [3.63, 3.8) is 0 Å². The maximum Gasteiger partial charge on any atom is 0.252 e. The summed E-state index contributed by atoms with van der Waals surface area (Å²) in [5.41, 5.74) is 6.23. The second kappa shape index (κ2) is 3.71. The zero-order valence-corrected chi connectivity index (χ0v) is 8.93. The normalized spacial score (nSPS) is 20.6. The molecular weight excluding hydrogens is 204 g/mol. The third kappa shape index (κ3) is 1.71. The van der Waals surface area contributed by atoms with E-state index in [2.05, 4.69) is 20.4 Å². The molecule has 0 radical (unpaired) electrons. The zero-order valence-electron chi connectivity index (χ0n) is 8.93. The lowest BCUT2D eigenvalue weighted by Gasteiger charge is -2.05. The molecule has 1 aliphatic heterocycles. The molecule has 6 heteroatoms. The third-order valence-electron chi connectivity index (χ3n) is 2.85. The molecule has 1 atom stereocenters. The minimum Gasteiger partial charge on any atom is -0.396 e. The van der Waals surface area contributed by atoms with Crippen LogP contribution >= 0.6 is 0 Å². The van der Waals surface area contributed by atoms with Crippen LogP contribution < -0.4 is 11.1 Å². The Hall–Kier alpha value is -1.69. The molecule has 0 amide bonds. The molecule has 0 bridgehead atoms. The average Bonchev–Trinajstić information content (AvgIpc) is 2.86. The number of nitrogens with one attached hydrogen (secondary N) is 1. The van der Waals surface area contributed by atoms with Crippen molar-refractivity contribution in [2.75, 3.05) is 12.3 Å². The number of anilines is 1. The summed E-state index contributed by atoms with van der Waals surface area (Å²) in [6, 6.07) is 0.509. The average molecular weight is 218 g/mol. The number of hydrogen-bond donors (Lipinski definition) is 2. The van der Waals surface area contributed by atoms with Gasteiger partial charge in [-0.3, -0.25) is 0 Å². The summed E-state index contributed by atoms with van der Waals surface area (Å²) < 4.78 is 1.64. The quantitative estimate of drug-likeness (QED) is 0.741. The predicted molar refractivity (Wildman–Crippen MR) is 59.9 cm³/mol. The van der Waals surface area contributed by atoms with Gasteiger partial charge in [-0.15, -0.1) is 5.10 Å². The van der Waals surface area contributed by atoms with Crippen LogP contribution in [-0.4, -0.2) is 32.2 Å². The van der Waals surface area contributed by atoms with E-state index >= 15 is 0 Å². The molecule has 0 saturated carbocycles. The summed E-state index contributed by atoms with van der Waals surface area (Å²) in [7, 11) is 0. The fourth-order valence-corrected chi connectivity index (χ4v) is 2.08. The summed E-state index contributed by atoms with van der Waals surface area (Å²) in [5.74, 6) is 1.44. The van der Waals surface area contributed by atoms with E-state index < -0.39 is 0 Å². The van der Waals surface area contributed by atoms with Crippen molar-refractivity contribution >= 4 is 11.5 Å². The number of aromatic nitrogens is 4. The highest BCUT2D eigenvalue weighted by Crippen LogP contribution is 2.10. The van der Waals surface area contributed by atoms with E-state index in [9.17, 15) is 0 Å². The summed E-state index contributed by atoms with van der Waals surface area (Å²) in [5, 5.41) is 7.79. The lowest BCUT2D eigenvalue weighted by Crippen LogP contribution is -2.24. The molecule has 6 nitrogen and oxygen atoms in total. The molecule has 16 heavy (non-hydrogen) atoms. The Labute approximate surface area is 92.9 Å². The minimum atomic E-state index is 0.509. The Morgan fingerprint density at radius 2 is 2.50 bits per heavy atom. The standard InChI is InChI=1S/C10H14N6/c11-7-5-13-10-14-9(15-16(10)6-7)4-8-2-1-3-12-8/h5-6,8,12H,1-4,11H2. The Balaban J connectivity index is 1.86. The van der Waals surface area contributed by atoms with E-state index in [1.165, 1.54) is 12.8 Å². The number of nitrogens with zero attached hydrogens (tertiary/aromatic N) is 4. The second-order valence-corrected chi connectivity index (χ2v) is 4.16. The molecule has 1 aliphatic rings. The molecule has 2 aromatic heterocycles. The summed E-state index contributed by atoms with van der Waals surface area (Å²) >= 11 is 0. The van der Waals surface area contributed by atoms with Crippen molar-refractivity contribution in [2.24, 2.45) is 0 Å². The number of hydrogen-bond acceptors (Lipinski definition) is 5. The van der Waals surface area contributed by atoms with Crippen LogP contribution in [0.15, 0.2) is 12.4 Å². The first-order valence-electron chi connectivity index (χ1n) is 5.51. The second-order valence-electron chi connectivity index (χ2n) is 4.16. The van der Waals surface area contributed by atoms with Crippen LogP contribution in [0.5, 0.6) is 0 Å². The van der Waals surface area contributed by atoms with Gasteiger partial charge in [0.15, 0.2) is 5.82 Å². The lowest BCUT2D eigenvalue weighted by atomic mass is 10.1. The molecular formula is C10H14N6. The molecule has 2 aromatic rings. The van der Waals surface area contributed by atoms with E-state index in [1.54, 1.807) is 16.9 Å². The molecule has 1 unspecified atom stereocenters. The van der Waals surface area contributed by atoms with Gasteiger partial charge >= 0.3 is 0 Å². The molecule has 0 spiro atoms. The molecule has 1 fully saturated rings. The highest BCUT2D eigenvalue weighted by molar-refractivity contribution is 5.38. The number of nitrogens with two attached hydrogens (primary N) is 1. The predicted octanol–water partition coefficient (Wildman–Crippen LogP) is 0.001000. The van der Waals surface area contributed by atoms with Gasteiger partial charge in [0.1, 0.15) is 0 Å². The SMILES string of the molecule is Nc1cnc2nc(CC3CCCN3)nn2c1. The van der Waals surface area contributed by atoms with Crippen molar-refractivity contribution in [3.05, 3.63) is 18.2 Å². The smallest absolute Gasteiger partial charge is 0.252 e. The summed E-state index contributed by atoms with van der Waals surface area (Å²) in [4.78, 5) is 8.48. The Morgan fingerprint density at radius 3 is 3.31 bits per heavy atom. The minimum absolute atomic E-state index is 0.509. The monoisotopic (exact) mass is 218 g/mol. The zero-order chi connectivity index (χ0) is 11.0. The van der Waals surface area contributed by atoms with Crippen LogP contribution in [0, 0.1) is 0 Å². The van der Waals surface area contributed by atoms with Crippen LogP contribution in [0.3, 0.4) is 0 Å². The molecule has 3 N–H and O–H groups in total. The van der Waals surface area contributed by atoms with Crippen molar-refractivity contribution in [2.45, 2.75) is 25.3 Å². The first-order valence-corrected chi connectivity index (χ1v) is 5.51. The van der Waals surface area contributed by atoms with Gasteiger partial charge in [-0.2, -0.15) is 4.98 Å². The molecule has 1 saturated heterocycles. The number of fused-ring (bicyclic) bond motifs is 1. The van der Waals surface area contributed by atoms with E-state index in [0.29, 0.717) is 17.5 Å². The van der Waals surface area contributed by atoms with E-state index in [1.807, 2.05) is 0 Å². The molecule has 3 rings (SSSR count). The lowest BCUT2D eigenvalue weighted by molar-refractivity contribution is 0.585. The first kappa shape index (κ1) is 9.53. The highest BCUT2D eigenvalue weighted by atomic mass is 15.3. The molecule has 84 valence electrons. The third-order valence-corrected chi connectivity index (χ3v) is 2.85. The Kier molecular flexibility index (Phi) is 2.21. The molecule has 0 aromatic carbocycles. The van der Waals surface area contributed by atoms with Crippen molar-refractivity contribution in [3.8, 4) is 0 Å². The largest absolute Gasteiger partial charge is 0.396 e. The van der Waals surface area contributed by atoms with Crippen LogP contribution in [-0.2, 0) is 6.42 Å². The summed E-state index contributed by atoms with van der Waals surface area (Å²) in [6.45, 7) is 1.10. The maximum absolute atomic E-state index is 5.63. The Morgan fingerprint density at radius 1 is 1.56 bits per heavy atom. The van der Waals surface area contributed by atoms with E-state index in [0.717, 1.165) is 18.8 Å². The van der Waals surface area contributed by atoms with E-state index in [-0.39, 0.29) is 0 Å². The number of rotatable bonds is 2. The topological polar surface area (TPSA) is 81.1 Å². The molecule has 3 heterocycles. The molecule has 0 aliphatic carbocycles. The van der Waals surface area contributed by atoms with Crippen molar-refractivity contribution in [1.82, 2.24) is 24.9 Å². The van der Waals surface area contributed by atoms with Gasteiger partial charge in [0, 0.05) is 12.5 Å². The van der Waals surface area contributed by atoms with Crippen LogP contribution in [0.25, 0.3) is 5.78 Å². The Bertz CT molecular complexity index is 499. The fraction of sp³-hybridized carbons (Fsp3) is 0.500. The summed E-state index contributed by atoms with van der Waals surface area (Å²) in [6.07, 6.45) is 6.64. The van der Waals surface area contributed by atoms with Gasteiger partial charge in [-0.1, -0.05) is 0 Å². The van der Waals surface area contributed by atoms with Crippen molar-refractivity contribution in [1.29, 1.82) is 0 Å². The van der Waals surface area contributed by atoms with Crippen molar-refractivity contribution < 1.29 is 0 Å². The maximum atomic E-state index is 5.63. The van der Waals surface area contributed by atoms with Gasteiger partial charge in [-0.25, -0.2) is 9.50 Å². The van der Waals surface area contributed by atoms with Gasteiger partial charge in [0.05, 0.1) is 18.1 Å². The van der Waals surface area contributed by atoms with E-state index in [4.69, 9.17) is 5.73 Å². The number of nitrogen functional groups attached to an aromatic ring is 1. The van der Waals surface area contributed by atoms with Gasteiger partial charge in [0.25, 0.3) is 5.78 Å². The van der Waals surface area contributed by atoms with Crippen LogP contribution in [0.1, 0.15) is 18.7 Å². The van der Waals surface area contributed by atoms with Crippen LogP contribution in [0.2, 0.25) is 0 Å². The van der Waals surface area contributed by atoms with Gasteiger partial charge in [0.2, 0.25) is 0 Å². The van der Waals surface area contributed by atoms with Gasteiger partial charge in [-0.05, 0) is 19.4 Å².